The molecule has 0 fully saturated rings. The van der Waals surface area contributed by atoms with E-state index in [1.165, 1.54) is 65.2 Å². The minimum absolute atomic E-state index is 1.09. The van der Waals surface area contributed by atoms with Crippen LogP contribution in [-0.4, -0.2) is 9.13 Å². The monoisotopic (exact) mass is 944 g/mol. The fourth-order valence-corrected chi connectivity index (χ4v) is 11.2. The summed E-state index contributed by atoms with van der Waals surface area (Å²) in [4.78, 5) is 4.81. The van der Waals surface area contributed by atoms with Crippen LogP contribution in [0.4, 0.5) is 34.1 Å². The molecule has 4 nitrogen and oxygen atoms in total. The number of para-hydroxylation sites is 4. The zero-order valence-electron chi connectivity index (χ0n) is 40.5. The minimum atomic E-state index is 1.09. The highest BCUT2D eigenvalue weighted by atomic mass is 15.2. The lowest BCUT2D eigenvalue weighted by Gasteiger charge is -2.27. The van der Waals surface area contributed by atoms with Crippen molar-refractivity contribution >= 4 is 111 Å². The molecule has 74 heavy (non-hydrogen) atoms. The lowest BCUT2D eigenvalue weighted by molar-refractivity contribution is 1.18. The second-order valence-corrected chi connectivity index (χ2v) is 19.0. The van der Waals surface area contributed by atoms with Gasteiger partial charge in [0.25, 0.3) is 0 Å². The summed E-state index contributed by atoms with van der Waals surface area (Å²) in [5.74, 6) is 0. The average molecular weight is 945 g/mol. The Morgan fingerprint density at radius 3 is 1.01 bits per heavy atom. The highest BCUT2D eigenvalue weighted by Gasteiger charge is 2.21. The molecule has 4 heteroatoms. The Bertz CT molecular complexity index is 4120. The van der Waals surface area contributed by atoms with Gasteiger partial charge in [-0.15, -0.1) is 0 Å². The summed E-state index contributed by atoms with van der Waals surface area (Å²) in [7, 11) is 0. The molecule has 0 saturated heterocycles. The maximum absolute atomic E-state index is 2.41. The second kappa shape index (κ2) is 18.1. The molecule has 0 radical (unpaired) electrons. The summed E-state index contributed by atoms with van der Waals surface area (Å²) >= 11 is 0. The van der Waals surface area contributed by atoms with Crippen LogP contribution in [0.1, 0.15) is 11.1 Å². The zero-order chi connectivity index (χ0) is 49.0. The van der Waals surface area contributed by atoms with E-state index in [2.05, 4.69) is 310 Å². The molecule has 0 N–H and O–H groups in total. The summed E-state index contributed by atoms with van der Waals surface area (Å²) in [6.07, 6.45) is 4.43. The van der Waals surface area contributed by atoms with Crippen LogP contribution >= 0.6 is 0 Å². The van der Waals surface area contributed by atoms with Crippen molar-refractivity contribution in [1.29, 1.82) is 0 Å². The predicted molar refractivity (Wildman–Crippen MR) is 315 cm³/mol. The van der Waals surface area contributed by atoms with E-state index >= 15 is 0 Å². The third-order valence-electron chi connectivity index (χ3n) is 14.6. The van der Waals surface area contributed by atoms with E-state index in [4.69, 9.17) is 0 Å². The lowest BCUT2D eigenvalue weighted by Crippen LogP contribution is -2.10. The predicted octanol–water partition coefficient (Wildman–Crippen LogP) is 19.3. The largest absolute Gasteiger partial charge is 0.310 e. The standard InChI is InChI=1S/C70H48N4/c1-3-21-53(22-4-1)73-67-29-13-11-27-61(67)63-47-57(43-45-69(63)73)71(65-31-15-19-51-17-7-9-25-59(51)65)55-39-35-49(36-40-55)33-34-50-37-41-56(42-38-50)72(66-32-16-20-52-18-8-10-26-60(52)66)58-44-46-70-64(48-58)62-28-12-14-30-68(62)74(70)54-23-5-2-6-24-54/h1-48H/b34-33+. The Kier molecular flexibility index (Phi) is 10.5. The van der Waals surface area contributed by atoms with Gasteiger partial charge in [0.15, 0.2) is 0 Å². The van der Waals surface area contributed by atoms with Gasteiger partial charge in [0.1, 0.15) is 0 Å². The average Bonchev–Trinajstić information content (AvgIpc) is 4.01. The number of anilines is 6. The van der Waals surface area contributed by atoms with Gasteiger partial charge in [0, 0.05) is 66.4 Å². The fraction of sp³-hybridized carbons (Fsp3) is 0. The van der Waals surface area contributed by atoms with Crippen molar-refractivity contribution in [3.05, 3.63) is 290 Å². The van der Waals surface area contributed by atoms with Crippen molar-refractivity contribution in [2.75, 3.05) is 9.80 Å². The smallest absolute Gasteiger partial charge is 0.0542 e. The first-order chi connectivity index (χ1) is 36.7. The van der Waals surface area contributed by atoms with E-state index in [9.17, 15) is 0 Å². The first kappa shape index (κ1) is 42.9. The SMILES string of the molecule is C(=C\c1ccc(N(c2ccc3c(c2)c2ccccc2n3-c2ccccc2)c2cccc3ccccc23)cc1)/c1ccc(N(c2ccc3c(c2)c2ccccc2n3-c2ccccc2)c2cccc3ccccc23)cc1. The summed E-state index contributed by atoms with van der Waals surface area (Å²) in [6, 6.07) is 101. The van der Waals surface area contributed by atoms with Crippen LogP contribution in [0.5, 0.6) is 0 Å². The van der Waals surface area contributed by atoms with Crippen molar-refractivity contribution in [3.8, 4) is 11.4 Å². The number of hydrogen-bond acceptors (Lipinski definition) is 2. The van der Waals surface area contributed by atoms with E-state index in [1.54, 1.807) is 0 Å². The summed E-state index contributed by atoms with van der Waals surface area (Å²) in [5, 5.41) is 9.69. The molecule has 0 aliphatic heterocycles. The van der Waals surface area contributed by atoms with E-state index in [-0.39, 0.29) is 0 Å². The van der Waals surface area contributed by atoms with Crippen LogP contribution in [0.3, 0.4) is 0 Å². The van der Waals surface area contributed by atoms with Crippen molar-refractivity contribution in [2.45, 2.75) is 0 Å². The van der Waals surface area contributed by atoms with Gasteiger partial charge in [-0.2, -0.15) is 0 Å². The molecule has 0 aliphatic carbocycles. The Balaban J connectivity index is 0.818. The molecular formula is C70H48N4. The maximum Gasteiger partial charge on any atom is 0.0542 e. The Labute approximate surface area is 429 Å². The molecule has 14 rings (SSSR count). The van der Waals surface area contributed by atoms with Gasteiger partial charge >= 0.3 is 0 Å². The highest BCUT2D eigenvalue weighted by Crippen LogP contribution is 2.44. The number of rotatable bonds is 10. The molecule has 0 aliphatic rings. The molecule has 0 saturated carbocycles. The van der Waals surface area contributed by atoms with Gasteiger partial charge in [-0.05, 0) is 131 Å². The molecule has 14 aromatic rings. The van der Waals surface area contributed by atoms with Gasteiger partial charge in [-0.1, -0.05) is 182 Å². The van der Waals surface area contributed by atoms with Gasteiger partial charge in [-0.3, -0.25) is 0 Å². The zero-order valence-corrected chi connectivity index (χ0v) is 40.5. The minimum Gasteiger partial charge on any atom is -0.310 e. The molecule has 348 valence electrons. The first-order valence-corrected chi connectivity index (χ1v) is 25.3. The molecule has 2 heterocycles. The Morgan fingerprint density at radius 1 is 0.243 bits per heavy atom. The van der Waals surface area contributed by atoms with E-state index in [1.807, 2.05) is 0 Å². The van der Waals surface area contributed by atoms with Crippen LogP contribution in [0, 0.1) is 0 Å². The molecular weight excluding hydrogens is 897 g/mol. The molecule has 0 atom stereocenters. The van der Waals surface area contributed by atoms with Crippen LogP contribution < -0.4 is 9.80 Å². The number of fused-ring (bicyclic) bond motifs is 8. The summed E-state index contributed by atoms with van der Waals surface area (Å²) in [5.41, 5.74) is 15.9. The lowest BCUT2D eigenvalue weighted by atomic mass is 10.0. The van der Waals surface area contributed by atoms with E-state index < -0.39 is 0 Å². The summed E-state index contributed by atoms with van der Waals surface area (Å²) < 4.78 is 4.75. The van der Waals surface area contributed by atoms with E-state index in [0.717, 1.165) is 56.6 Å². The van der Waals surface area contributed by atoms with Crippen LogP contribution in [0.15, 0.2) is 279 Å². The van der Waals surface area contributed by atoms with Gasteiger partial charge < -0.3 is 18.9 Å². The second-order valence-electron chi connectivity index (χ2n) is 19.0. The normalized spacial score (nSPS) is 11.7. The number of aromatic nitrogens is 2. The van der Waals surface area contributed by atoms with Crippen molar-refractivity contribution in [3.63, 3.8) is 0 Å². The Hall–Kier alpha value is -9.90. The van der Waals surface area contributed by atoms with Gasteiger partial charge in [0.2, 0.25) is 0 Å². The highest BCUT2D eigenvalue weighted by molar-refractivity contribution is 6.13. The Morgan fingerprint density at radius 2 is 0.581 bits per heavy atom. The molecule has 0 amide bonds. The molecule has 2 aromatic heterocycles. The maximum atomic E-state index is 2.41. The summed E-state index contributed by atoms with van der Waals surface area (Å²) in [6.45, 7) is 0. The quantitative estimate of drug-likeness (QED) is 0.127. The molecule has 12 aromatic carbocycles. The number of benzene rings is 12. The number of hydrogen-bond donors (Lipinski definition) is 0. The van der Waals surface area contributed by atoms with Gasteiger partial charge in [0.05, 0.1) is 33.4 Å². The van der Waals surface area contributed by atoms with Crippen molar-refractivity contribution < 1.29 is 0 Å². The third-order valence-corrected chi connectivity index (χ3v) is 14.6. The van der Waals surface area contributed by atoms with Crippen LogP contribution in [0.2, 0.25) is 0 Å². The first-order valence-electron chi connectivity index (χ1n) is 25.3. The molecule has 0 bridgehead atoms. The molecule has 0 unspecified atom stereocenters. The topological polar surface area (TPSA) is 16.3 Å². The van der Waals surface area contributed by atoms with Crippen molar-refractivity contribution in [2.24, 2.45) is 0 Å². The third kappa shape index (κ3) is 7.39. The van der Waals surface area contributed by atoms with Crippen molar-refractivity contribution in [1.82, 2.24) is 9.13 Å². The van der Waals surface area contributed by atoms with Crippen LogP contribution in [-0.2, 0) is 0 Å². The molecule has 0 spiro atoms. The van der Waals surface area contributed by atoms with Crippen LogP contribution in [0.25, 0.3) is 88.7 Å². The van der Waals surface area contributed by atoms with Gasteiger partial charge in [-0.25, -0.2) is 0 Å². The number of nitrogens with zero attached hydrogens (tertiary/aromatic N) is 4. The van der Waals surface area contributed by atoms with E-state index in [0.29, 0.717) is 0 Å². The fourth-order valence-electron chi connectivity index (χ4n) is 11.2.